The Labute approximate surface area is 179 Å². The van der Waals surface area contributed by atoms with Gasteiger partial charge in [-0.3, -0.25) is 9.80 Å². The van der Waals surface area contributed by atoms with Gasteiger partial charge in [-0.2, -0.15) is 0 Å². The molecule has 2 N–H and O–H groups in total. The standard InChI is InChI=1S/C23H36N2O5/c1-23(2,3)17-5-8-20(30-15-21(26)27)16(13-17)14-24(4)18-6-7-19(22(18)28)25-9-11-29-12-10-25/h5,8,13,18-19,22,28H,6-7,9-12,14-15H2,1-4H3,(H,26,27)/t18-,19-,22-/m1/s1. The summed E-state index contributed by atoms with van der Waals surface area (Å²) in [7, 11) is 2.03. The van der Waals surface area contributed by atoms with Gasteiger partial charge in [0, 0.05) is 37.3 Å². The van der Waals surface area contributed by atoms with Crippen LogP contribution in [0.25, 0.3) is 0 Å². The van der Waals surface area contributed by atoms with Crippen molar-refractivity contribution >= 4 is 5.97 Å². The number of benzene rings is 1. The molecule has 2 fully saturated rings. The smallest absolute Gasteiger partial charge is 0.341 e. The molecule has 0 aromatic heterocycles. The van der Waals surface area contributed by atoms with Crippen molar-refractivity contribution in [1.29, 1.82) is 0 Å². The third-order valence-corrected chi connectivity index (χ3v) is 6.32. The largest absolute Gasteiger partial charge is 0.482 e. The number of carboxylic acid groups (broad SMARTS) is 1. The minimum Gasteiger partial charge on any atom is -0.482 e. The number of hydrogen-bond acceptors (Lipinski definition) is 6. The van der Waals surface area contributed by atoms with E-state index in [1.54, 1.807) is 0 Å². The predicted octanol–water partition coefficient (Wildman–Crippen LogP) is 2.10. The summed E-state index contributed by atoms with van der Waals surface area (Å²) >= 11 is 0. The number of likely N-dealkylation sites (N-methyl/N-ethyl adjacent to an activating group) is 1. The first kappa shape index (κ1) is 23.0. The quantitative estimate of drug-likeness (QED) is 0.699. The lowest BCUT2D eigenvalue weighted by molar-refractivity contribution is -0.139. The molecule has 0 amide bonds. The van der Waals surface area contributed by atoms with Gasteiger partial charge in [0.1, 0.15) is 5.75 Å². The molecule has 0 unspecified atom stereocenters. The number of carboxylic acids is 1. The Balaban J connectivity index is 1.74. The van der Waals surface area contributed by atoms with Crippen LogP contribution in [0, 0.1) is 0 Å². The maximum Gasteiger partial charge on any atom is 0.341 e. The van der Waals surface area contributed by atoms with Crippen molar-refractivity contribution in [3.63, 3.8) is 0 Å². The minimum absolute atomic E-state index is 0.0209. The Morgan fingerprint density at radius 3 is 2.60 bits per heavy atom. The number of aliphatic carboxylic acids is 1. The summed E-state index contributed by atoms with van der Waals surface area (Å²) in [6.45, 7) is 9.90. The van der Waals surface area contributed by atoms with Gasteiger partial charge in [0.25, 0.3) is 0 Å². The molecule has 1 aliphatic carbocycles. The molecule has 0 radical (unpaired) electrons. The summed E-state index contributed by atoms with van der Waals surface area (Å²) in [5.41, 5.74) is 2.10. The highest BCUT2D eigenvalue weighted by Gasteiger charge is 2.40. The van der Waals surface area contributed by atoms with Crippen LogP contribution in [-0.2, 0) is 21.5 Å². The van der Waals surface area contributed by atoms with Gasteiger partial charge in [0.15, 0.2) is 6.61 Å². The number of morpholine rings is 1. The lowest BCUT2D eigenvalue weighted by atomic mass is 9.86. The van der Waals surface area contributed by atoms with Crippen LogP contribution in [0.4, 0.5) is 0 Å². The van der Waals surface area contributed by atoms with E-state index in [0.29, 0.717) is 12.3 Å². The third kappa shape index (κ3) is 5.52. The van der Waals surface area contributed by atoms with Crippen molar-refractivity contribution in [3.05, 3.63) is 29.3 Å². The topological polar surface area (TPSA) is 82.5 Å². The van der Waals surface area contributed by atoms with Gasteiger partial charge < -0.3 is 19.7 Å². The van der Waals surface area contributed by atoms with Crippen molar-refractivity contribution in [2.24, 2.45) is 0 Å². The maximum atomic E-state index is 11.0. The molecule has 3 atom stereocenters. The molecule has 3 rings (SSSR count). The van der Waals surface area contributed by atoms with E-state index in [0.717, 1.165) is 44.7 Å². The van der Waals surface area contributed by atoms with Gasteiger partial charge in [-0.25, -0.2) is 4.79 Å². The van der Waals surface area contributed by atoms with Crippen LogP contribution in [0.2, 0.25) is 0 Å². The molecule has 30 heavy (non-hydrogen) atoms. The summed E-state index contributed by atoms with van der Waals surface area (Å²) in [6, 6.07) is 6.20. The van der Waals surface area contributed by atoms with Crippen molar-refractivity contribution in [3.8, 4) is 5.75 Å². The van der Waals surface area contributed by atoms with E-state index in [-0.39, 0.29) is 24.1 Å². The molecule has 1 saturated carbocycles. The first-order chi connectivity index (χ1) is 14.2. The van der Waals surface area contributed by atoms with Crippen molar-refractivity contribution in [2.75, 3.05) is 40.0 Å². The molecule has 7 nitrogen and oxygen atoms in total. The highest BCUT2D eigenvalue weighted by Crippen LogP contribution is 2.32. The van der Waals surface area contributed by atoms with Crippen molar-refractivity contribution < 1.29 is 24.5 Å². The monoisotopic (exact) mass is 420 g/mol. The average molecular weight is 421 g/mol. The molecular formula is C23H36N2O5. The van der Waals surface area contributed by atoms with Gasteiger partial charge >= 0.3 is 5.97 Å². The molecule has 1 saturated heterocycles. The fourth-order valence-electron chi connectivity index (χ4n) is 4.56. The molecule has 0 spiro atoms. The summed E-state index contributed by atoms with van der Waals surface area (Å²) in [5, 5.41) is 20.1. The Bertz CT molecular complexity index is 727. The van der Waals surface area contributed by atoms with Crippen molar-refractivity contribution in [2.45, 2.75) is 63.8 Å². The molecule has 168 valence electrons. The minimum atomic E-state index is -0.992. The van der Waals surface area contributed by atoms with Crippen LogP contribution >= 0.6 is 0 Å². The summed E-state index contributed by atoms with van der Waals surface area (Å²) in [6.07, 6.45) is 1.49. The van der Waals surface area contributed by atoms with Gasteiger partial charge in [-0.15, -0.1) is 0 Å². The van der Waals surface area contributed by atoms with Crippen LogP contribution in [0.1, 0.15) is 44.7 Å². The molecule has 1 heterocycles. The van der Waals surface area contributed by atoms with E-state index in [4.69, 9.17) is 14.6 Å². The van der Waals surface area contributed by atoms with Gasteiger partial charge in [-0.05, 0) is 36.9 Å². The van der Waals surface area contributed by atoms with Crippen LogP contribution in [0.15, 0.2) is 18.2 Å². The third-order valence-electron chi connectivity index (χ3n) is 6.32. The SMILES string of the molecule is CN(Cc1cc(C(C)(C)C)ccc1OCC(=O)O)[C@@H]1CC[C@@H](N2CCOCC2)[C@@H]1O. The van der Waals surface area contributed by atoms with Gasteiger partial charge in [0.2, 0.25) is 0 Å². The number of aliphatic hydroxyl groups is 1. The van der Waals surface area contributed by atoms with Crippen LogP contribution in [0.3, 0.4) is 0 Å². The second-order valence-corrected chi connectivity index (χ2v) is 9.52. The number of nitrogens with zero attached hydrogens (tertiary/aromatic N) is 2. The van der Waals surface area contributed by atoms with Crippen LogP contribution in [0.5, 0.6) is 5.75 Å². The zero-order valence-corrected chi connectivity index (χ0v) is 18.6. The summed E-state index contributed by atoms with van der Waals surface area (Å²) in [4.78, 5) is 15.5. The van der Waals surface area contributed by atoms with E-state index < -0.39 is 12.1 Å². The van der Waals surface area contributed by atoms with E-state index in [9.17, 15) is 9.90 Å². The average Bonchev–Trinajstić information content (AvgIpc) is 3.08. The molecule has 2 aliphatic rings. The van der Waals surface area contributed by atoms with Gasteiger partial charge in [-0.1, -0.05) is 32.9 Å². The predicted molar refractivity (Wildman–Crippen MR) is 115 cm³/mol. The number of rotatable bonds is 7. The Morgan fingerprint density at radius 2 is 1.97 bits per heavy atom. The number of hydrogen-bond donors (Lipinski definition) is 2. The van der Waals surface area contributed by atoms with Crippen molar-refractivity contribution in [1.82, 2.24) is 9.80 Å². The first-order valence-electron chi connectivity index (χ1n) is 10.8. The maximum absolute atomic E-state index is 11.0. The fourth-order valence-corrected chi connectivity index (χ4v) is 4.56. The highest BCUT2D eigenvalue weighted by molar-refractivity contribution is 5.68. The fraction of sp³-hybridized carbons (Fsp3) is 0.696. The highest BCUT2D eigenvalue weighted by atomic mass is 16.5. The number of carbonyl (C=O) groups is 1. The zero-order chi connectivity index (χ0) is 21.9. The Hall–Kier alpha value is -1.67. The Kier molecular flexibility index (Phi) is 7.39. The van der Waals surface area contributed by atoms with Gasteiger partial charge in [0.05, 0.1) is 19.3 Å². The second-order valence-electron chi connectivity index (χ2n) is 9.52. The summed E-state index contributed by atoms with van der Waals surface area (Å²) < 4.78 is 11.0. The molecule has 7 heteroatoms. The lowest BCUT2D eigenvalue weighted by Gasteiger charge is -2.36. The lowest BCUT2D eigenvalue weighted by Crippen LogP contribution is -2.50. The van der Waals surface area contributed by atoms with E-state index in [2.05, 4.69) is 36.6 Å². The first-order valence-corrected chi connectivity index (χ1v) is 10.8. The van der Waals surface area contributed by atoms with E-state index >= 15 is 0 Å². The van der Waals surface area contributed by atoms with E-state index in [1.807, 2.05) is 19.2 Å². The van der Waals surface area contributed by atoms with Crippen LogP contribution < -0.4 is 4.74 Å². The number of ether oxygens (including phenoxy) is 2. The van der Waals surface area contributed by atoms with E-state index in [1.165, 1.54) is 5.56 Å². The molecule has 1 aromatic carbocycles. The zero-order valence-electron chi connectivity index (χ0n) is 18.6. The molecule has 0 bridgehead atoms. The normalized spacial score (nSPS) is 25.6. The molecular weight excluding hydrogens is 384 g/mol. The van der Waals surface area contributed by atoms with Crippen LogP contribution in [-0.4, -0.2) is 84.1 Å². The molecule has 1 aromatic rings. The summed E-state index contributed by atoms with van der Waals surface area (Å²) in [5.74, 6) is -0.400. The second kappa shape index (κ2) is 9.64. The number of aliphatic hydroxyl groups excluding tert-OH is 1. The molecule has 1 aliphatic heterocycles. The Morgan fingerprint density at radius 1 is 1.27 bits per heavy atom.